The van der Waals surface area contributed by atoms with Gasteiger partial charge in [0.25, 0.3) is 0 Å². The fourth-order valence-electron chi connectivity index (χ4n) is 1.13. The highest BCUT2D eigenvalue weighted by atomic mass is 16.5. The molecule has 0 amide bonds. The fraction of sp³-hybridized carbons (Fsp3) is 0.333. The molecule has 0 aliphatic carbocycles. The summed E-state index contributed by atoms with van der Waals surface area (Å²) in [4.78, 5) is 0. The highest BCUT2D eigenvalue weighted by Gasteiger charge is 2.15. The van der Waals surface area contributed by atoms with Gasteiger partial charge in [0.2, 0.25) is 0 Å². The second-order valence-corrected chi connectivity index (χ2v) is 2.40. The number of hydrogen-bond acceptors (Lipinski definition) is 3. The molecule has 1 aliphatic rings. The van der Waals surface area contributed by atoms with Crippen molar-refractivity contribution in [2.45, 2.75) is 13.2 Å². The Morgan fingerprint density at radius 3 is 2.67 bits per heavy atom. The zero-order chi connectivity index (χ0) is 8.97. The van der Waals surface area contributed by atoms with Crippen LogP contribution in [-0.2, 0) is 0 Å². The molecule has 0 spiro atoms. The number of ether oxygens (including phenoxy) is 1. The van der Waals surface area contributed by atoms with E-state index in [-0.39, 0.29) is 6.23 Å². The second kappa shape index (κ2) is 3.97. The van der Waals surface area contributed by atoms with Crippen molar-refractivity contribution in [2.24, 2.45) is 5.73 Å². The molecule has 3 N–H and O–H groups in total. The highest BCUT2D eigenvalue weighted by molar-refractivity contribution is 5.59. The van der Waals surface area contributed by atoms with Gasteiger partial charge < -0.3 is 15.8 Å². The highest BCUT2D eigenvalue weighted by Crippen LogP contribution is 2.30. The number of benzene rings is 1. The minimum atomic E-state index is 0.123. The van der Waals surface area contributed by atoms with E-state index in [0.29, 0.717) is 0 Å². The first-order valence-corrected chi connectivity index (χ1v) is 3.96. The van der Waals surface area contributed by atoms with Crippen molar-refractivity contribution in [3.63, 3.8) is 0 Å². The van der Waals surface area contributed by atoms with Gasteiger partial charge in [0.05, 0.1) is 5.69 Å². The second-order valence-electron chi connectivity index (χ2n) is 2.40. The van der Waals surface area contributed by atoms with Crippen LogP contribution in [0.25, 0.3) is 0 Å². The van der Waals surface area contributed by atoms with Crippen molar-refractivity contribution in [2.75, 3.05) is 12.4 Å². The van der Waals surface area contributed by atoms with Gasteiger partial charge in [-0.05, 0) is 26.1 Å². The van der Waals surface area contributed by atoms with Gasteiger partial charge in [0.15, 0.2) is 6.23 Å². The minimum Gasteiger partial charge on any atom is -0.469 e. The first-order valence-electron chi connectivity index (χ1n) is 3.96. The number of nitrogens with two attached hydrogens (primary N) is 1. The molecule has 1 aromatic rings. The first-order chi connectivity index (χ1) is 5.86. The van der Waals surface area contributed by atoms with Crippen LogP contribution >= 0.6 is 0 Å². The molecule has 1 atom stereocenters. The number of rotatable bonds is 0. The zero-order valence-electron chi connectivity index (χ0n) is 7.37. The number of fused-ring (bicyclic) bond motifs is 1. The Labute approximate surface area is 72.5 Å². The molecule has 2 rings (SSSR count). The number of anilines is 1. The van der Waals surface area contributed by atoms with Gasteiger partial charge >= 0.3 is 0 Å². The Morgan fingerprint density at radius 1 is 1.33 bits per heavy atom. The first kappa shape index (κ1) is 8.87. The van der Waals surface area contributed by atoms with Crippen LogP contribution < -0.4 is 15.8 Å². The smallest absolute Gasteiger partial charge is 0.167 e. The van der Waals surface area contributed by atoms with Gasteiger partial charge in [-0.25, -0.2) is 0 Å². The number of nitrogens with one attached hydrogen (secondary N) is 1. The maximum atomic E-state index is 5.40. The van der Waals surface area contributed by atoms with Gasteiger partial charge in [-0.15, -0.1) is 0 Å². The van der Waals surface area contributed by atoms with Crippen LogP contribution in [0, 0.1) is 0 Å². The van der Waals surface area contributed by atoms with Crippen LogP contribution in [0.15, 0.2) is 24.3 Å². The van der Waals surface area contributed by atoms with E-state index in [4.69, 9.17) is 4.74 Å². The van der Waals surface area contributed by atoms with Crippen molar-refractivity contribution in [1.82, 2.24) is 0 Å². The van der Waals surface area contributed by atoms with E-state index < -0.39 is 0 Å². The molecule has 66 valence electrons. The Kier molecular flexibility index (Phi) is 2.94. The van der Waals surface area contributed by atoms with Crippen LogP contribution in [0.4, 0.5) is 5.69 Å². The third-order valence-electron chi connectivity index (χ3n) is 1.55. The van der Waals surface area contributed by atoms with Crippen molar-refractivity contribution < 1.29 is 4.74 Å². The summed E-state index contributed by atoms with van der Waals surface area (Å²) >= 11 is 0. The molecule has 0 saturated heterocycles. The van der Waals surface area contributed by atoms with Crippen LogP contribution in [-0.4, -0.2) is 13.3 Å². The monoisotopic (exact) mass is 166 g/mol. The molecular weight excluding hydrogens is 152 g/mol. The summed E-state index contributed by atoms with van der Waals surface area (Å²) in [5.41, 5.74) is 5.59. The molecule has 0 saturated carbocycles. The van der Waals surface area contributed by atoms with Gasteiger partial charge in [-0.2, -0.15) is 0 Å². The maximum absolute atomic E-state index is 5.40. The molecule has 3 heteroatoms. The summed E-state index contributed by atoms with van der Waals surface area (Å²) in [6.45, 7) is 1.99. The van der Waals surface area contributed by atoms with Crippen LogP contribution in [0.5, 0.6) is 5.75 Å². The maximum Gasteiger partial charge on any atom is 0.167 e. The van der Waals surface area contributed by atoms with Crippen molar-refractivity contribution in [1.29, 1.82) is 0 Å². The van der Waals surface area contributed by atoms with Crippen LogP contribution in [0.1, 0.15) is 6.92 Å². The molecular formula is C9H14N2O. The summed E-state index contributed by atoms with van der Waals surface area (Å²) in [6, 6.07) is 7.94. The lowest BCUT2D eigenvalue weighted by atomic mass is 10.3. The Morgan fingerprint density at radius 2 is 2.00 bits per heavy atom. The third-order valence-corrected chi connectivity index (χ3v) is 1.55. The summed E-state index contributed by atoms with van der Waals surface area (Å²) in [5.74, 6) is 0.954. The fourth-order valence-corrected chi connectivity index (χ4v) is 1.13. The Balaban J connectivity index is 0.000000336. The quantitative estimate of drug-likeness (QED) is 0.612. The van der Waals surface area contributed by atoms with Crippen molar-refractivity contribution in [3.05, 3.63) is 24.3 Å². The normalized spacial score (nSPS) is 18.1. The zero-order valence-corrected chi connectivity index (χ0v) is 7.37. The molecule has 1 aromatic carbocycles. The van der Waals surface area contributed by atoms with Gasteiger partial charge in [0.1, 0.15) is 5.75 Å². The summed E-state index contributed by atoms with van der Waals surface area (Å²) in [6.07, 6.45) is 0.123. The third kappa shape index (κ3) is 1.68. The molecule has 0 fully saturated rings. The van der Waals surface area contributed by atoms with Gasteiger partial charge in [0, 0.05) is 0 Å². The minimum absolute atomic E-state index is 0.123. The van der Waals surface area contributed by atoms with E-state index in [1.54, 1.807) is 0 Å². The molecule has 1 aliphatic heterocycles. The molecule has 12 heavy (non-hydrogen) atoms. The molecule has 3 nitrogen and oxygen atoms in total. The summed E-state index contributed by atoms with van der Waals surface area (Å²) in [7, 11) is 1.50. The Hall–Kier alpha value is -1.22. The van der Waals surface area contributed by atoms with E-state index in [0.717, 1.165) is 11.4 Å². The largest absolute Gasteiger partial charge is 0.469 e. The van der Waals surface area contributed by atoms with Crippen LogP contribution in [0.3, 0.4) is 0 Å². The van der Waals surface area contributed by atoms with Gasteiger partial charge in [-0.1, -0.05) is 12.1 Å². The number of para-hydroxylation sites is 2. The molecule has 1 heterocycles. The lowest BCUT2D eigenvalue weighted by Gasteiger charge is -2.00. The lowest BCUT2D eigenvalue weighted by molar-refractivity contribution is 0.275. The average molecular weight is 166 g/mol. The van der Waals surface area contributed by atoms with E-state index in [2.05, 4.69) is 11.1 Å². The van der Waals surface area contributed by atoms with E-state index in [1.165, 1.54) is 7.05 Å². The van der Waals surface area contributed by atoms with E-state index in [9.17, 15) is 0 Å². The predicted octanol–water partition coefficient (Wildman–Crippen LogP) is 1.41. The molecule has 0 bridgehead atoms. The SMILES string of the molecule is CC1Nc2ccccc2O1.CN. The summed E-state index contributed by atoms with van der Waals surface area (Å²) < 4.78 is 5.40. The lowest BCUT2D eigenvalue weighted by Crippen LogP contribution is -2.13. The van der Waals surface area contributed by atoms with Crippen LogP contribution in [0.2, 0.25) is 0 Å². The molecule has 0 radical (unpaired) electrons. The molecule has 0 aromatic heterocycles. The average Bonchev–Trinajstić information content (AvgIpc) is 2.48. The standard InChI is InChI=1S/C8H9NO.CH5N/c1-6-9-7-4-2-3-5-8(7)10-6;1-2/h2-6,9H,1H3;2H2,1H3. The summed E-state index contributed by atoms with van der Waals surface area (Å²) in [5, 5.41) is 3.18. The predicted molar refractivity (Wildman–Crippen MR) is 50.3 cm³/mol. The Bertz CT molecular complexity index is 225. The number of hydrogen-bond donors (Lipinski definition) is 2. The van der Waals surface area contributed by atoms with E-state index >= 15 is 0 Å². The van der Waals surface area contributed by atoms with Gasteiger partial charge in [-0.3, -0.25) is 0 Å². The topological polar surface area (TPSA) is 47.3 Å². The van der Waals surface area contributed by atoms with Crippen molar-refractivity contribution >= 4 is 5.69 Å². The van der Waals surface area contributed by atoms with E-state index in [1.807, 2.05) is 31.2 Å². The molecule has 1 unspecified atom stereocenters. The van der Waals surface area contributed by atoms with Crippen molar-refractivity contribution in [3.8, 4) is 5.75 Å².